The van der Waals surface area contributed by atoms with E-state index in [0.717, 1.165) is 40.4 Å². The molecule has 130 valence electrons. The van der Waals surface area contributed by atoms with Crippen molar-refractivity contribution in [2.75, 3.05) is 11.9 Å². The molecule has 0 aromatic carbocycles. The maximum absolute atomic E-state index is 9.68. The van der Waals surface area contributed by atoms with Crippen molar-refractivity contribution in [3.05, 3.63) is 35.0 Å². The first-order valence-corrected chi connectivity index (χ1v) is 9.58. The summed E-state index contributed by atoms with van der Waals surface area (Å²) in [7, 11) is 0. The van der Waals surface area contributed by atoms with Crippen molar-refractivity contribution in [2.45, 2.75) is 39.2 Å². The van der Waals surface area contributed by atoms with Gasteiger partial charge in [0, 0.05) is 29.4 Å². The van der Waals surface area contributed by atoms with E-state index >= 15 is 0 Å². The zero-order chi connectivity index (χ0) is 17.4. The Balaban J connectivity index is 1.87. The molecule has 25 heavy (non-hydrogen) atoms. The van der Waals surface area contributed by atoms with E-state index in [9.17, 15) is 5.11 Å². The lowest BCUT2D eigenvalue weighted by Crippen LogP contribution is -2.17. The molecule has 1 aliphatic rings. The number of pyridine rings is 1. The van der Waals surface area contributed by atoms with Gasteiger partial charge in [-0.3, -0.25) is 4.98 Å². The van der Waals surface area contributed by atoms with Crippen molar-refractivity contribution < 1.29 is 5.11 Å². The minimum atomic E-state index is -0.429. The van der Waals surface area contributed by atoms with Crippen molar-refractivity contribution in [3.63, 3.8) is 0 Å². The van der Waals surface area contributed by atoms with Crippen LogP contribution < -0.4 is 5.32 Å². The van der Waals surface area contributed by atoms with Gasteiger partial charge in [0.05, 0.1) is 11.5 Å². The molecule has 3 aromatic heterocycles. The summed E-state index contributed by atoms with van der Waals surface area (Å²) in [6.45, 7) is 4.56. The monoisotopic (exact) mass is 354 g/mol. The summed E-state index contributed by atoms with van der Waals surface area (Å²) in [5, 5.41) is 14.2. The smallest absolute Gasteiger partial charge is 0.164 e. The van der Waals surface area contributed by atoms with E-state index in [4.69, 9.17) is 9.97 Å². The molecule has 0 saturated carbocycles. The first-order chi connectivity index (χ1) is 12.1. The van der Waals surface area contributed by atoms with E-state index < -0.39 is 6.10 Å². The van der Waals surface area contributed by atoms with Crippen molar-refractivity contribution in [3.8, 4) is 11.4 Å². The molecular weight excluding hydrogens is 332 g/mol. The number of thiophene rings is 1. The molecular formula is C19H22N4OS. The molecule has 0 unspecified atom stereocenters. The molecule has 3 heterocycles. The van der Waals surface area contributed by atoms with Gasteiger partial charge in [-0.05, 0) is 49.8 Å². The van der Waals surface area contributed by atoms with Gasteiger partial charge in [-0.1, -0.05) is 6.92 Å². The molecule has 1 aliphatic carbocycles. The van der Waals surface area contributed by atoms with Crippen molar-refractivity contribution in [1.29, 1.82) is 0 Å². The summed E-state index contributed by atoms with van der Waals surface area (Å²) in [6.07, 6.45) is 6.51. The molecule has 0 amide bonds. The molecule has 0 aliphatic heterocycles. The summed E-state index contributed by atoms with van der Waals surface area (Å²) < 4.78 is 0. The van der Waals surface area contributed by atoms with Gasteiger partial charge in [0.2, 0.25) is 0 Å². The van der Waals surface area contributed by atoms with E-state index in [1.165, 1.54) is 16.9 Å². The molecule has 0 radical (unpaired) electrons. The number of aliphatic hydroxyl groups is 1. The third kappa shape index (κ3) is 3.24. The highest BCUT2D eigenvalue weighted by Gasteiger charge is 2.24. The van der Waals surface area contributed by atoms with Crippen LogP contribution in [-0.2, 0) is 12.8 Å². The molecule has 5 nitrogen and oxygen atoms in total. The van der Waals surface area contributed by atoms with Gasteiger partial charge >= 0.3 is 0 Å². The van der Waals surface area contributed by atoms with Crippen LogP contribution in [0.5, 0.6) is 0 Å². The lowest BCUT2D eigenvalue weighted by atomic mass is 9.89. The summed E-state index contributed by atoms with van der Waals surface area (Å²) in [5.74, 6) is 2.23. The second kappa shape index (κ2) is 6.69. The Morgan fingerprint density at radius 1 is 1.40 bits per heavy atom. The summed E-state index contributed by atoms with van der Waals surface area (Å²) in [4.78, 5) is 16.3. The molecule has 0 fully saturated rings. The third-order valence-corrected chi connectivity index (χ3v) is 5.79. The second-order valence-electron chi connectivity index (χ2n) is 6.90. The van der Waals surface area contributed by atoms with Crippen LogP contribution >= 0.6 is 11.3 Å². The van der Waals surface area contributed by atoms with Crippen LogP contribution in [0.1, 0.15) is 30.7 Å². The second-order valence-corrected chi connectivity index (χ2v) is 7.98. The standard InChI is InChI=1S/C19H22N4OS/c1-11-5-6-14-15(8-11)25-19-16(14)18(21-9-12(2)24)22-17(23-19)13-4-3-7-20-10-13/h3-4,7,10-12,24H,5-6,8-9H2,1-2H3,(H,21,22,23)/t11-,12-/m1/s1. The number of anilines is 1. The molecule has 0 spiro atoms. The van der Waals surface area contributed by atoms with Crippen LogP contribution in [0.4, 0.5) is 5.82 Å². The summed E-state index contributed by atoms with van der Waals surface area (Å²) in [5.41, 5.74) is 2.30. The highest BCUT2D eigenvalue weighted by atomic mass is 32.1. The van der Waals surface area contributed by atoms with Crippen LogP contribution in [0.25, 0.3) is 21.6 Å². The molecule has 2 N–H and O–H groups in total. The van der Waals surface area contributed by atoms with E-state index in [1.54, 1.807) is 30.7 Å². The van der Waals surface area contributed by atoms with Crippen molar-refractivity contribution in [2.24, 2.45) is 5.92 Å². The Hall–Kier alpha value is -2.05. The van der Waals surface area contributed by atoms with Crippen molar-refractivity contribution in [1.82, 2.24) is 15.0 Å². The highest BCUT2D eigenvalue weighted by Crippen LogP contribution is 2.40. The summed E-state index contributed by atoms with van der Waals surface area (Å²) >= 11 is 1.79. The van der Waals surface area contributed by atoms with Gasteiger partial charge in [0.15, 0.2) is 5.82 Å². The fraction of sp³-hybridized carbons (Fsp3) is 0.421. The Labute approximate surface area is 151 Å². The maximum Gasteiger partial charge on any atom is 0.164 e. The Morgan fingerprint density at radius 2 is 2.28 bits per heavy atom. The number of nitrogens with zero attached hydrogens (tertiary/aromatic N) is 3. The van der Waals surface area contributed by atoms with Crippen LogP contribution in [0.15, 0.2) is 24.5 Å². The average Bonchev–Trinajstić information content (AvgIpc) is 2.97. The Morgan fingerprint density at radius 3 is 3.04 bits per heavy atom. The number of rotatable bonds is 4. The SMILES string of the molecule is C[C@@H]1CCc2c(sc3nc(-c4cccnc4)nc(NC[C@@H](C)O)c23)C1. The average molecular weight is 354 g/mol. The van der Waals surface area contributed by atoms with Gasteiger partial charge in [-0.15, -0.1) is 11.3 Å². The number of hydrogen-bond acceptors (Lipinski definition) is 6. The maximum atomic E-state index is 9.68. The number of nitrogens with one attached hydrogen (secondary N) is 1. The largest absolute Gasteiger partial charge is 0.392 e. The minimum absolute atomic E-state index is 0.429. The normalized spacial score (nSPS) is 18.1. The number of aryl methyl sites for hydroxylation is 1. The van der Waals surface area contributed by atoms with Crippen LogP contribution in [0.2, 0.25) is 0 Å². The van der Waals surface area contributed by atoms with E-state index in [0.29, 0.717) is 12.4 Å². The van der Waals surface area contributed by atoms with Gasteiger partial charge in [-0.2, -0.15) is 0 Å². The predicted octanol–water partition coefficient (Wildman–Crippen LogP) is 3.67. The first-order valence-electron chi connectivity index (χ1n) is 8.76. The summed E-state index contributed by atoms with van der Waals surface area (Å²) in [6, 6.07) is 3.87. The number of fused-ring (bicyclic) bond motifs is 3. The predicted molar refractivity (Wildman–Crippen MR) is 102 cm³/mol. The zero-order valence-corrected chi connectivity index (χ0v) is 15.3. The van der Waals surface area contributed by atoms with Gasteiger partial charge < -0.3 is 10.4 Å². The first kappa shape index (κ1) is 16.4. The third-order valence-electron chi connectivity index (χ3n) is 4.64. The quantitative estimate of drug-likeness (QED) is 0.748. The zero-order valence-electron chi connectivity index (χ0n) is 14.5. The molecule has 0 bridgehead atoms. The topological polar surface area (TPSA) is 70.9 Å². The van der Waals surface area contributed by atoms with Crippen LogP contribution in [-0.4, -0.2) is 32.7 Å². The minimum Gasteiger partial charge on any atom is -0.392 e. The molecule has 2 atom stereocenters. The molecule has 4 rings (SSSR count). The van der Waals surface area contributed by atoms with Crippen LogP contribution in [0.3, 0.4) is 0 Å². The lowest BCUT2D eigenvalue weighted by Gasteiger charge is -2.18. The van der Waals surface area contributed by atoms with Crippen LogP contribution in [0, 0.1) is 5.92 Å². The van der Waals surface area contributed by atoms with Gasteiger partial charge in [0.25, 0.3) is 0 Å². The Kier molecular flexibility index (Phi) is 4.39. The number of aliphatic hydroxyl groups excluding tert-OH is 1. The highest BCUT2D eigenvalue weighted by molar-refractivity contribution is 7.19. The molecule has 0 saturated heterocycles. The van der Waals surface area contributed by atoms with E-state index in [-0.39, 0.29) is 0 Å². The molecule has 3 aromatic rings. The fourth-order valence-electron chi connectivity index (χ4n) is 3.34. The van der Waals surface area contributed by atoms with Gasteiger partial charge in [0.1, 0.15) is 10.6 Å². The Bertz CT molecular complexity index is 891. The number of aromatic nitrogens is 3. The fourth-order valence-corrected chi connectivity index (χ4v) is 4.72. The molecule has 6 heteroatoms. The van der Waals surface area contributed by atoms with Crippen molar-refractivity contribution >= 4 is 27.4 Å². The van der Waals surface area contributed by atoms with E-state index in [1.807, 2.05) is 12.1 Å². The van der Waals surface area contributed by atoms with Gasteiger partial charge in [-0.25, -0.2) is 9.97 Å². The lowest BCUT2D eigenvalue weighted by molar-refractivity contribution is 0.208. The number of hydrogen-bond donors (Lipinski definition) is 2. The van der Waals surface area contributed by atoms with E-state index in [2.05, 4.69) is 17.2 Å².